The molecule has 0 aliphatic rings. The summed E-state index contributed by atoms with van der Waals surface area (Å²) < 4.78 is 0. The lowest BCUT2D eigenvalue weighted by Gasteiger charge is -2.04. The fourth-order valence-electron chi connectivity index (χ4n) is 1.06. The van der Waals surface area contributed by atoms with Crippen LogP contribution in [-0.4, -0.2) is 17.3 Å². The molecule has 2 nitrogen and oxygen atoms in total. The van der Waals surface area contributed by atoms with Crippen molar-refractivity contribution in [3.8, 4) is 0 Å². The summed E-state index contributed by atoms with van der Waals surface area (Å²) in [4.78, 5) is 4.22. The normalized spacial score (nSPS) is 10.0. The summed E-state index contributed by atoms with van der Waals surface area (Å²) in [5.41, 5.74) is 1.35. The van der Waals surface area contributed by atoms with E-state index in [2.05, 4.69) is 36.3 Å². The van der Waals surface area contributed by atoms with Crippen LogP contribution in [0.4, 0.5) is 5.82 Å². The van der Waals surface area contributed by atoms with Gasteiger partial charge in [-0.3, -0.25) is 0 Å². The fraction of sp³-hybridized carbons (Fsp3) is 0.500. The summed E-state index contributed by atoms with van der Waals surface area (Å²) in [6.07, 6.45) is 1.86. The largest absolute Gasteiger partial charge is 0.370 e. The number of nitrogens with zero attached hydrogens (tertiary/aromatic N) is 1. The van der Waals surface area contributed by atoms with E-state index in [1.165, 1.54) is 11.3 Å². The first-order chi connectivity index (χ1) is 6.36. The first kappa shape index (κ1) is 10.4. The Hall–Kier alpha value is -0.700. The maximum Gasteiger partial charge on any atom is 0.126 e. The second kappa shape index (κ2) is 5.86. The van der Waals surface area contributed by atoms with Crippen molar-refractivity contribution < 1.29 is 0 Å². The van der Waals surface area contributed by atoms with Gasteiger partial charge in [0.25, 0.3) is 0 Å². The van der Waals surface area contributed by atoms with Gasteiger partial charge in [0.15, 0.2) is 0 Å². The average molecular weight is 196 g/mol. The lowest BCUT2D eigenvalue weighted by atomic mass is 10.3. The SMILES string of the molecule is CCNc1cc(CSCC)ccn1. The van der Waals surface area contributed by atoms with Gasteiger partial charge in [0.05, 0.1) is 0 Å². The van der Waals surface area contributed by atoms with E-state index >= 15 is 0 Å². The maximum atomic E-state index is 4.22. The zero-order valence-electron chi connectivity index (χ0n) is 8.21. The van der Waals surface area contributed by atoms with E-state index in [1.54, 1.807) is 0 Å². The third-order valence-electron chi connectivity index (χ3n) is 1.66. The number of pyridine rings is 1. The van der Waals surface area contributed by atoms with Crippen molar-refractivity contribution in [1.29, 1.82) is 0 Å². The zero-order chi connectivity index (χ0) is 9.52. The molecule has 0 saturated heterocycles. The summed E-state index contributed by atoms with van der Waals surface area (Å²) in [7, 11) is 0. The van der Waals surface area contributed by atoms with Crippen LogP contribution in [0.3, 0.4) is 0 Å². The Balaban J connectivity index is 2.56. The molecule has 0 amide bonds. The van der Waals surface area contributed by atoms with Crippen LogP contribution in [0.15, 0.2) is 18.3 Å². The molecule has 0 atom stereocenters. The van der Waals surface area contributed by atoms with Crippen molar-refractivity contribution in [2.45, 2.75) is 19.6 Å². The van der Waals surface area contributed by atoms with Gasteiger partial charge in [0.2, 0.25) is 0 Å². The van der Waals surface area contributed by atoms with Gasteiger partial charge in [-0.1, -0.05) is 6.92 Å². The van der Waals surface area contributed by atoms with E-state index in [9.17, 15) is 0 Å². The van der Waals surface area contributed by atoms with E-state index in [-0.39, 0.29) is 0 Å². The minimum absolute atomic E-state index is 0.928. The monoisotopic (exact) mass is 196 g/mol. The lowest BCUT2D eigenvalue weighted by molar-refractivity contribution is 1.15. The number of rotatable bonds is 5. The standard InChI is InChI=1S/C10H16N2S/c1-3-11-10-7-9(5-6-12-10)8-13-4-2/h5-7H,3-4,8H2,1-2H3,(H,11,12). The smallest absolute Gasteiger partial charge is 0.126 e. The van der Waals surface area contributed by atoms with E-state index in [4.69, 9.17) is 0 Å². The molecular weight excluding hydrogens is 180 g/mol. The highest BCUT2D eigenvalue weighted by Gasteiger charge is 1.95. The highest BCUT2D eigenvalue weighted by Crippen LogP contribution is 2.13. The first-order valence-corrected chi connectivity index (χ1v) is 5.78. The summed E-state index contributed by atoms with van der Waals surface area (Å²) in [6.45, 7) is 5.18. The van der Waals surface area contributed by atoms with Gasteiger partial charge in [-0.25, -0.2) is 4.98 Å². The molecule has 1 aromatic rings. The number of nitrogens with one attached hydrogen (secondary N) is 1. The fourth-order valence-corrected chi connectivity index (χ4v) is 1.68. The maximum absolute atomic E-state index is 4.22. The predicted molar refractivity (Wildman–Crippen MR) is 60.2 cm³/mol. The average Bonchev–Trinajstić information content (AvgIpc) is 2.16. The van der Waals surface area contributed by atoms with Crippen molar-refractivity contribution in [2.24, 2.45) is 0 Å². The van der Waals surface area contributed by atoms with Gasteiger partial charge in [-0.2, -0.15) is 11.8 Å². The van der Waals surface area contributed by atoms with Crippen molar-refractivity contribution in [3.63, 3.8) is 0 Å². The van der Waals surface area contributed by atoms with Gasteiger partial charge in [0, 0.05) is 18.5 Å². The van der Waals surface area contributed by atoms with Gasteiger partial charge >= 0.3 is 0 Å². The van der Waals surface area contributed by atoms with Crippen LogP contribution in [0.5, 0.6) is 0 Å². The molecule has 1 aromatic heterocycles. The Morgan fingerprint density at radius 2 is 2.31 bits per heavy atom. The van der Waals surface area contributed by atoms with Gasteiger partial charge < -0.3 is 5.32 Å². The molecule has 1 N–H and O–H groups in total. The molecule has 0 bridgehead atoms. The van der Waals surface area contributed by atoms with Crippen LogP contribution in [-0.2, 0) is 5.75 Å². The summed E-state index contributed by atoms with van der Waals surface area (Å²) in [5.74, 6) is 3.23. The van der Waals surface area contributed by atoms with Crippen LogP contribution in [0.1, 0.15) is 19.4 Å². The predicted octanol–water partition coefficient (Wildman–Crippen LogP) is 2.77. The second-order valence-electron chi connectivity index (χ2n) is 2.72. The zero-order valence-corrected chi connectivity index (χ0v) is 9.03. The molecule has 0 spiro atoms. The number of hydrogen-bond acceptors (Lipinski definition) is 3. The number of aromatic nitrogens is 1. The van der Waals surface area contributed by atoms with Crippen LogP contribution in [0, 0.1) is 0 Å². The van der Waals surface area contributed by atoms with E-state index in [0.717, 1.165) is 18.1 Å². The van der Waals surface area contributed by atoms with Crippen molar-refractivity contribution in [2.75, 3.05) is 17.6 Å². The molecule has 1 rings (SSSR count). The highest BCUT2D eigenvalue weighted by molar-refractivity contribution is 7.98. The molecule has 1 heterocycles. The first-order valence-electron chi connectivity index (χ1n) is 4.63. The molecule has 13 heavy (non-hydrogen) atoms. The topological polar surface area (TPSA) is 24.9 Å². The molecule has 0 fully saturated rings. The van der Waals surface area contributed by atoms with Crippen LogP contribution in [0.25, 0.3) is 0 Å². The second-order valence-corrected chi connectivity index (χ2v) is 3.99. The van der Waals surface area contributed by atoms with E-state index < -0.39 is 0 Å². The van der Waals surface area contributed by atoms with Gasteiger partial charge in [0.1, 0.15) is 5.82 Å². The van der Waals surface area contributed by atoms with Gasteiger partial charge in [-0.15, -0.1) is 0 Å². The Labute approximate surface area is 84.1 Å². The quantitative estimate of drug-likeness (QED) is 0.784. The molecule has 3 heteroatoms. The Morgan fingerprint density at radius 3 is 3.00 bits per heavy atom. The summed E-state index contributed by atoms with van der Waals surface area (Å²) >= 11 is 1.93. The van der Waals surface area contributed by atoms with Crippen LogP contribution in [0.2, 0.25) is 0 Å². The molecule has 0 saturated carbocycles. The van der Waals surface area contributed by atoms with Gasteiger partial charge in [-0.05, 0) is 30.4 Å². The molecule has 0 aliphatic heterocycles. The third kappa shape index (κ3) is 3.68. The number of hydrogen-bond donors (Lipinski definition) is 1. The minimum Gasteiger partial charge on any atom is -0.370 e. The molecule has 72 valence electrons. The van der Waals surface area contributed by atoms with Crippen molar-refractivity contribution in [1.82, 2.24) is 4.98 Å². The van der Waals surface area contributed by atoms with Crippen molar-refractivity contribution in [3.05, 3.63) is 23.9 Å². The van der Waals surface area contributed by atoms with Crippen LogP contribution >= 0.6 is 11.8 Å². The Morgan fingerprint density at radius 1 is 1.46 bits per heavy atom. The van der Waals surface area contributed by atoms with Crippen molar-refractivity contribution >= 4 is 17.6 Å². The minimum atomic E-state index is 0.928. The molecule has 0 aromatic carbocycles. The Bertz CT molecular complexity index is 250. The molecule has 0 aliphatic carbocycles. The highest BCUT2D eigenvalue weighted by atomic mass is 32.2. The molecular formula is C10H16N2S. The van der Waals surface area contributed by atoms with E-state index in [1.807, 2.05) is 18.0 Å². The number of anilines is 1. The lowest BCUT2D eigenvalue weighted by Crippen LogP contribution is -1.99. The molecule has 0 unspecified atom stereocenters. The summed E-state index contributed by atoms with van der Waals surface area (Å²) in [5, 5.41) is 3.20. The number of thioether (sulfide) groups is 1. The summed E-state index contributed by atoms with van der Waals surface area (Å²) in [6, 6.07) is 4.19. The Kier molecular flexibility index (Phi) is 4.68. The van der Waals surface area contributed by atoms with Crippen LogP contribution < -0.4 is 5.32 Å². The third-order valence-corrected chi connectivity index (χ3v) is 2.60. The molecule has 0 radical (unpaired) electrons. The van der Waals surface area contributed by atoms with E-state index in [0.29, 0.717) is 0 Å².